The summed E-state index contributed by atoms with van der Waals surface area (Å²) in [7, 11) is 2.50. The van der Waals surface area contributed by atoms with Gasteiger partial charge in [0.1, 0.15) is 5.70 Å². The van der Waals surface area contributed by atoms with Gasteiger partial charge in [-0.3, -0.25) is 4.79 Å². The number of ether oxygens (including phenoxy) is 2. The fourth-order valence-electron chi connectivity index (χ4n) is 2.85. The van der Waals surface area contributed by atoms with Crippen molar-refractivity contribution in [2.24, 2.45) is 0 Å². The summed E-state index contributed by atoms with van der Waals surface area (Å²) in [4.78, 5) is 38.3. The second kappa shape index (κ2) is 10.3. The third kappa shape index (κ3) is 5.34. The molecule has 1 amide bonds. The number of unbranched alkanes of at least 4 members (excludes halogenated alkanes) is 1. The summed E-state index contributed by atoms with van der Waals surface area (Å²) in [5.41, 5.74) is 2.28. The zero-order valence-electron chi connectivity index (χ0n) is 17.2. The highest BCUT2D eigenvalue weighted by Crippen LogP contribution is 2.29. The van der Waals surface area contributed by atoms with E-state index in [1.54, 1.807) is 35.4 Å². The van der Waals surface area contributed by atoms with Crippen LogP contribution in [0.5, 0.6) is 0 Å². The molecule has 29 heavy (non-hydrogen) atoms. The standard InChI is InChI=1S/C22H26N2O5/c1-5-6-10-19(25)23-18-12-11-16(14-15(18)2)24-13-8-7-9-17(21(26)28-3)20(24)22(27)29-4/h7-9,11-14H,5-6,10H2,1-4H3,(H,23,25). The van der Waals surface area contributed by atoms with Crippen LogP contribution in [0.2, 0.25) is 0 Å². The van der Waals surface area contributed by atoms with Crippen LogP contribution in [0.1, 0.15) is 31.7 Å². The molecule has 0 aromatic heterocycles. The predicted molar refractivity (Wildman–Crippen MR) is 111 cm³/mol. The van der Waals surface area contributed by atoms with E-state index in [2.05, 4.69) is 5.32 Å². The molecule has 0 fully saturated rings. The zero-order chi connectivity index (χ0) is 21.4. The molecule has 1 aliphatic heterocycles. The number of carbonyl (C=O) groups excluding carboxylic acids is 3. The zero-order valence-corrected chi connectivity index (χ0v) is 17.2. The molecule has 0 bridgehead atoms. The number of rotatable bonds is 7. The molecule has 1 aliphatic rings. The highest BCUT2D eigenvalue weighted by molar-refractivity contribution is 6.05. The Morgan fingerprint density at radius 1 is 1.07 bits per heavy atom. The number of benzene rings is 1. The van der Waals surface area contributed by atoms with Gasteiger partial charge in [0.15, 0.2) is 0 Å². The minimum Gasteiger partial charge on any atom is -0.465 e. The third-order valence-corrected chi connectivity index (χ3v) is 4.41. The van der Waals surface area contributed by atoms with Crippen LogP contribution in [-0.4, -0.2) is 32.1 Å². The lowest BCUT2D eigenvalue weighted by Crippen LogP contribution is -2.27. The minimum atomic E-state index is -0.670. The van der Waals surface area contributed by atoms with E-state index in [1.165, 1.54) is 20.3 Å². The lowest BCUT2D eigenvalue weighted by molar-refractivity contribution is -0.139. The Morgan fingerprint density at radius 2 is 1.79 bits per heavy atom. The first kappa shape index (κ1) is 21.9. The van der Waals surface area contributed by atoms with Crippen molar-refractivity contribution in [3.05, 3.63) is 59.5 Å². The second-order valence-corrected chi connectivity index (χ2v) is 6.47. The van der Waals surface area contributed by atoms with Crippen molar-refractivity contribution < 1.29 is 23.9 Å². The van der Waals surface area contributed by atoms with Gasteiger partial charge in [-0.2, -0.15) is 0 Å². The molecule has 0 radical (unpaired) electrons. The van der Waals surface area contributed by atoms with Gasteiger partial charge in [0.05, 0.1) is 19.8 Å². The molecule has 0 aliphatic carbocycles. The highest BCUT2D eigenvalue weighted by atomic mass is 16.5. The van der Waals surface area contributed by atoms with Crippen molar-refractivity contribution in [1.82, 2.24) is 0 Å². The molecular formula is C22H26N2O5. The maximum atomic E-state index is 12.5. The summed E-state index contributed by atoms with van der Waals surface area (Å²) in [6.45, 7) is 3.90. The first-order chi connectivity index (χ1) is 13.9. The Labute approximate surface area is 170 Å². The molecule has 1 N–H and O–H groups in total. The van der Waals surface area contributed by atoms with Crippen LogP contribution in [0, 0.1) is 6.92 Å². The molecule has 2 rings (SSSR count). The lowest BCUT2D eigenvalue weighted by Gasteiger charge is -2.24. The first-order valence-electron chi connectivity index (χ1n) is 9.38. The van der Waals surface area contributed by atoms with Crippen molar-refractivity contribution in [1.29, 1.82) is 0 Å². The van der Waals surface area contributed by atoms with Gasteiger partial charge in [-0.15, -0.1) is 0 Å². The van der Waals surface area contributed by atoms with Crippen LogP contribution in [-0.2, 0) is 23.9 Å². The van der Waals surface area contributed by atoms with E-state index >= 15 is 0 Å². The van der Waals surface area contributed by atoms with Crippen LogP contribution < -0.4 is 10.2 Å². The first-order valence-corrected chi connectivity index (χ1v) is 9.38. The van der Waals surface area contributed by atoms with Gasteiger partial charge in [0, 0.05) is 24.0 Å². The largest absolute Gasteiger partial charge is 0.465 e. The smallest absolute Gasteiger partial charge is 0.355 e. The molecule has 0 spiro atoms. The summed E-state index contributed by atoms with van der Waals surface area (Å²) in [5, 5.41) is 2.90. The van der Waals surface area contributed by atoms with Crippen molar-refractivity contribution in [2.75, 3.05) is 24.4 Å². The van der Waals surface area contributed by atoms with Gasteiger partial charge in [-0.25, -0.2) is 9.59 Å². The van der Waals surface area contributed by atoms with Gasteiger partial charge in [-0.05, 0) is 49.3 Å². The van der Waals surface area contributed by atoms with E-state index in [9.17, 15) is 14.4 Å². The molecule has 0 saturated carbocycles. The Balaban J connectivity index is 2.43. The van der Waals surface area contributed by atoms with Crippen molar-refractivity contribution in [3.63, 3.8) is 0 Å². The van der Waals surface area contributed by atoms with Crippen molar-refractivity contribution in [3.8, 4) is 0 Å². The normalized spacial score (nSPS) is 13.2. The predicted octanol–water partition coefficient (Wildman–Crippen LogP) is 3.61. The monoisotopic (exact) mass is 398 g/mol. The van der Waals surface area contributed by atoms with Crippen LogP contribution in [0.25, 0.3) is 0 Å². The van der Waals surface area contributed by atoms with Gasteiger partial charge in [-0.1, -0.05) is 19.4 Å². The minimum absolute atomic E-state index is 0.0373. The Hall–Kier alpha value is -3.35. The SMILES string of the molecule is CCCCC(=O)Nc1ccc(N2C=CC=CC(C(=O)OC)=C2C(=O)OC)cc1C. The van der Waals surface area contributed by atoms with Gasteiger partial charge < -0.3 is 19.7 Å². The fraction of sp³-hybridized carbons (Fsp3) is 0.318. The Morgan fingerprint density at radius 3 is 2.41 bits per heavy atom. The summed E-state index contributed by atoms with van der Waals surface area (Å²) >= 11 is 0. The number of methoxy groups -OCH3 is 2. The summed E-state index contributed by atoms with van der Waals surface area (Å²) < 4.78 is 9.71. The molecule has 0 unspecified atom stereocenters. The number of anilines is 2. The number of esters is 2. The molecular weight excluding hydrogens is 372 g/mol. The number of nitrogens with zero attached hydrogens (tertiary/aromatic N) is 1. The van der Waals surface area contributed by atoms with Crippen LogP contribution >= 0.6 is 0 Å². The van der Waals surface area contributed by atoms with E-state index in [1.807, 2.05) is 19.9 Å². The van der Waals surface area contributed by atoms with Gasteiger partial charge in [0.2, 0.25) is 5.91 Å². The topological polar surface area (TPSA) is 84.9 Å². The molecule has 7 nitrogen and oxygen atoms in total. The van der Waals surface area contributed by atoms with E-state index in [4.69, 9.17) is 9.47 Å². The summed E-state index contributed by atoms with van der Waals surface area (Å²) in [6.07, 6.45) is 8.76. The molecule has 154 valence electrons. The van der Waals surface area contributed by atoms with Gasteiger partial charge >= 0.3 is 11.9 Å². The van der Waals surface area contributed by atoms with E-state index in [-0.39, 0.29) is 17.2 Å². The molecule has 1 aromatic carbocycles. The number of nitrogens with one attached hydrogen (secondary N) is 1. The second-order valence-electron chi connectivity index (χ2n) is 6.47. The van der Waals surface area contributed by atoms with E-state index < -0.39 is 11.9 Å². The van der Waals surface area contributed by atoms with Crippen molar-refractivity contribution in [2.45, 2.75) is 33.1 Å². The molecule has 0 saturated heterocycles. The average molecular weight is 398 g/mol. The maximum absolute atomic E-state index is 12.5. The number of allylic oxidation sites excluding steroid dienone is 2. The molecule has 1 aromatic rings. The highest BCUT2D eigenvalue weighted by Gasteiger charge is 2.27. The summed E-state index contributed by atoms with van der Waals surface area (Å²) in [5.74, 6) is -1.35. The number of aryl methyl sites for hydroxylation is 1. The molecule has 0 atom stereocenters. The lowest BCUT2D eigenvalue weighted by atomic mass is 10.1. The Bertz CT molecular complexity index is 883. The van der Waals surface area contributed by atoms with Crippen LogP contribution in [0.3, 0.4) is 0 Å². The third-order valence-electron chi connectivity index (χ3n) is 4.41. The maximum Gasteiger partial charge on any atom is 0.355 e. The quantitative estimate of drug-likeness (QED) is 0.706. The van der Waals surface area contributed by atoms with Crippen LogP contribution in [0.4, 0.5) is 11.4 Å². The average Bonchev–Trinajstić information content (AvgIpc) is 2.95. The molecule has 7 heteroatoms. The van der Waals surface area contributed by atoms with Crippen LogP contribution in [0.15, 0.2) is 53.9 Å². The van der Waals surface area contributed by atoms with Gasteiger partial charge in [0.25, 0.3) is 0 Å². The molecule has 1 heterocycles. The number of amides is 1. The number of hydrogen-bond acceptors (Lipinski definition) is 6. The van der Waals surface area contributed by atoms with E-state index in [0.717, 1.165) is 18.4 Å². The summed E-state index contributed by atoms with van der Waals surface area (Å²) in [6, 6.07) is 5.35. The number of hydrogen-bond donors (Lipinski definition) is 1. The van der Waals surface area contributed by atoms with E-state index in [0.29, 0.717) is 17.8 Å². The fourth-order valence-corrected chi connectivity index (χ4v) is 2.85. The number of carbonyl (C=O) groups is 3. The van der Waals surface area contributed by atoms with Crippen molar-refractivity contribution >= 4 is 29.2 Å². The Kier molecular flexibility index (Phi) is 7.77.